The fourth-order valence-electron chi connectivity index (χ4n) is 3.54. The Kier molecular flexibility index (Phi) is 4.81. The Morgan fingerprint density at radius 2 is 2.19 bits per heavy atom. The van der Waals surface area contributed by atoms with Crippen LogP contribution in [0.1, 0.15) is 36.7 Å². The van der Waals surface area contributed by atoms with Gasteiger partial charge in [0.2, 0.25) is 5.91 Å². The number of rotatable bonds is 6. The number of fused-ring (bicyclic) bond motifs is 1. The van der Waals surface area contributed by atoms with Gasteiger partial charge in [-0.2, -0.15) is 0 Å². The molecule has 8 heteroatoms. The van der Waals surface area contributed by atoms with E-state index in [1.807, 2.05) is 30.5 Å². The van der Waals surface area contributed by atoms with Crippen LogP contribution in [0.3, 0.4) is 0 Å². The number of aromatic nitrogens is 5. The highest BCUT2D eigenvalue weighted by Gasteiger charge is 2.35. The molecule has 0 bridgehead atoms. The molecular weight excluding hydrogens is 344 g/mol. The summed E-state index contributed by atoms with van der Waals surface area (Å²) in [5.41, 5.74) is 1.90. The number of aliphatic hydroxyl groups is 1. The zero-order valence-electron chi connectivity index (χ0n) is 15.1. The largest absolute Gasteiger partial charge is 0.393 e. The third-order valence-corrected chi connectivity index (χ3v) is 5.17. The number of tetrazole rings is 1. The summed E-state index contributed by atoms with van der Waals surface area (Å²) in [7, 11) is 0. The van der Waals surface area contributed by atoms with Crippen LogP contribution in [0.15, 0.2) is 36.5 Å². The van der Waals surface area contributed by atoms with Crippen molar-refractivity contribution in [3.63, 3.8) is 0 Å². The van der Waals surface area contributed by atoms with Crippen LogP contribution in [0, 0.1) is 12.8 Å². The Balaban J connectivity index is 1.50. The monoisotopic (exact) mass is 366 g/mol. The number of amides is 1. The fraction of sp³-hybridized carbons (Fsp3) is 0.421. The number of pyridine rings is 1. The Hall–Kier alpha value is -2.87. The number of para-hydroxylation sites is 1. The molecule has 8 nitrogen and oxygen atoms in total. The lowest BCUT2D eigenvalue weighted by atomic mass is 9.75. The van der Waals surface area contributed by atoms with E-state index in [9.17, 15) is 9.90 Å². The zero-order chi connectivity index (χ0) is 18.8. The number of aryl methyl sites for hydroxylation is 2. The molecule has 1 saturated carbocycles. The Morgan fingerprint density at radius 1 is 1.37 bits per heavy atom. The number of hydrogen-bond donors (Lipinski definition) is 2. The SMILES string of the molecule is Cc1nnnn1CCC(=O)N[C@H](c1cnc2ccccc2c1)C1CC(O)C1. The van der Waals surface area contributed by atoms with Gasteiger partial charge in [-0.1, -0.05) is 18.2 Å². The molecule has 0 aliphatic heterocycles. The standard InChI is InChI=1S/C19H22N6O2/c1-12-22-23-24-25(12)7-6-18(27)21-19(14-9-16(26)10-14)15-8-13-4-2-3-5-17(13)20-11-15/h2-5,8,11,14,16,19,26H,6-7,9-10H2,1H3,(H,21,27)/t14?,16?,19-/m0/s1. The third-order valence-electron chi connectivity index (χ3n) is 5.17. The molecule has 2 aromatic heterocycles. The maximum Gasteiger partial charge on any atom is 0.222 e. The minimum Gasteiger partial charge on any atom is -0.393 e. The van der Waals surface area contributed by atoms with Gasteiger partial charge in [-0.05, 0) is 53.8 Å². The lowest BCUT2D eigenvalue weighted by Crippen LogP contribution is -2.41. The van der Waals surface area contributed by atoms with Crippen LogP contribution in [-0.4, -0.2) is 42.3 Å². The molecule has 4 rings (SSSR count). The smallest absolute Gasteiger partial charge is 0.222 e. The van der Waals surface area contributed by atoms with Crippen molar-refractivity contribution in [1.29, 1.82) is 0 Å². The normalized spacial score (nSPS) is 20.2. The second-order valence-electron chi connectivity index (χ2n) is 7.09. The molecule has 1 atom stereocenters. The highest BCUT2D eigenvalue weighted by Crippen LogP contribution is 2.38. The summed E-state index contributed by atoms with van der Waals surface area (Å²) in [5, 5.41) is 25.2. The number of nitrogens with one attached hydrogen (secondary N) is 1. The van der Waals surface area contributed by atoms with E-state index < -0.39 is 0 Å². The van der Waals surface area contributed by atoms with Gasteiger partial charge in [0, 0.05) is 18.0 Å². The van der Waals surface area contributed by atoms with Crippen LogP contribution in [-0.2, 0) is 11.3 Å². The first kappa shape index (κ1) is 17.5. The van der Waals surface area contributed by atoms with Crippen molar-refractivity contribution in [2.45, 2.75) is 44.9 Å². The van der Waals surface area contributed by atoms with E-state index >= 15 is 0 Å². The first-order valence-electron chi connectivity index (χ1n) is 9.15. The molecule has 0 saturated heterocycles. The highest BCUT2D eigenvalue weighted by atomic mass is 16.3. The minimum atomic E-state index is -0.285. The van der Waals surface area contributed by atoms with Crippen LogP contribution in [0.25, 0.3) is 10.9 Å². The van der Waals surface area contributed by atoms with Crippen molar-refractivity contribution in [3.05, 3.63) is 47.9 Å². The van der Waals surface area contributed by atoms with E-state index in [1.54, 1.807) is 11.6 Å². The molecule has 27 heavy (non-hydrogen) atoms. The Labute approximate surface area is 156 Å². The van der Waals surface area contributed by atoms with E-state index in [-0.39, 0.29) is 24.0 Å². The predicted molar refractivity (Wildman–Crippen MR) is 98.5 cm³/mol. The van der Waals surface area contributed by atoms with E-state index in [0.717, 1.165) is 16.5 Å². The summed E-state index contributed by atoms with van der Waals surface area (Å²) in [6.07, 6.45) is 3.20. The molecular formula is C19H22N6O2. The van der Waals surface area contributed by atoms with Gasteiger partial charge in [-0.15, -0.1) is 5.10 Å². The number of aliphatic hydroxyl groups excluding tert-OH is 1. The molecule has 0 radical (unpaired) electrons. The molecule has 2 heterocycles. The van der Waals surface area contributed by atoms with Crippen LogP contribution < -0.4 is 5.32 Å². The number of benzene rings is 1. The van der Waals surface area contributed by atoms with Gasteiger partial charge in [0.1, 0.15) is 5.82 Å². The molecule has 2 N–H and O–H groups in total. The number of carbonyl (C=O) groups is 1. The second-order valence-corrected chi connectivity index (χ2v) is 7.09. The summed E-state index contributed by atoms with van der Waals surface area (Å²) < 4.78 is 1.61. The van der Waals surface area contributed by atoms with Gasteiger partial charge in [0.15, 0.2) is 0 Å². The molecule has 0 spiro atoms. The molecule has 1 aliphatic rings. The summed E-state index contributed by atoms with van der Waals surface area (Å²) in [5.74, 6) is 0.825. The minimum absolute atomic E-state index is 0.0653. The molecule has 1 aromatic carbocycles. The van der Waals surface area contributed by atoms with E-state index in [1.165, 1.54) is 0 Å². The average molecular weight is 366 g/mol. The van der Waals surface area contributed by atoms with Crippen LogP contribution in [0.4, 0.5) is 0 Å². The summed E-state index contributed by atoms with van der Waals surface area (Å²) >= 11 is 0. The lowest BCUT2D eigenvalue weighted by Gasteiger charge is -2.38. The van der Waals surface area contributed by atoms with Crippen LogP contribution in [0.2, 0.25) is 0 Å². The summed E-state index contributed by atoms with van der Waals surface area (Å²) in [4.78, 5) is 17.1. The molecule has 1 aliphatic carbocycles. The average Bonchev–Trinajstić information content (AvgIpc) is 3.06. The Bertz CT molecular complexity index is 950. The van der Waals surface area contributed by atoms with Gasteiger partial charge < -0.3 is 10.4 Å². The topological polar surface area (TPSA) is 106 Å². The van der Waals surface area contributed by atoms with Crippen LogP contribution in [0.5, 0.6) is 0 Å². The molecule has 1 amide bonds. The highest BCUT2D eigenvalue weighted by molar-refractivity contribution is 5.80. The first-order valence-corrected chi connectivity index (χ1v) is 9.15. The number of carbonyl (C=O) groups excluding carboxylic acids is 1. The van der Waals surface area contributed by atoms with Crippen molar-refractivity contribution in [1.82, 2.24) is 30.5 Å². The van der Waals surface area contributed by atoms with Crippen molar-refractivity contribution < 1.29 is 9.90 Å². The number of nitrogens with zero attached hydrogens (tertiary/aromatic N) is 5. The third kappa shape index (κ3) is 3.80. The van der Waals surface area contributed by atoms with Crippen molar-refractivity contribution in [2.75, 3.05) is 0 Å². The number of hydrogen-bond acceptors (Lipinski definition) is 6. The quantitative estimate of drug-likeness (QED) is 0.686. The first-order chi connectivity index (χ1) is 13.1. The van der Waals surface area contributed by atoms with Gasteiger partial charge >= 0.3 is 0 Å². The molecule has 3 aromatic rings. The molecule has 0 unspecified atom stereocenters. The van der Waals surface area contributed by atoms with Crippen molar-refractivity contribution in [2.24, 2.45) is 5.92 Å². The maximum atomic E-state index is 12.5. The predicted octanol–water partition coefficient (Wildman–Crippen LogP) is 1.55. The lowest BCUT2D eigenvalue weighted by molar-refractivity contribution is -0.123. The van der Waals surface area contributed by atoms with Gasteiger partial charge in [0.25, 0.3) is 0 Å². The van der Waals surface area contributed by atoms with E-state index in [4.69, 9.17) is 0 Å². The fourth-order valence-corrected chi connectivity index (χ4v) is 3.54. The Morgan fingerprint density at radius 3 is 2.93 bits per heavy atom. The van der Waals surface area contributed by atoms with Crippen LogP contribution >= 0.6 is 0 Å². The van der Waals surface area contributed by atoms with Crippen molar-refractivity contribution in [3.8, 4) is 0 Å². The summed E-state index contributed by atoms with van der Waals surface area (Å²) in [6.45, 7) is 2.23. The second kappa shape index (κ2) is 7.40. The van der Waals surface area contributed by atoms with Gasteiger partial charge in [-0.3, -0.25) is 9.78 Å². The van der Waals surface area contributed by atoms with E-state index in [0.29, 0.717) is 31.6 Å². The van der Waals surface area contributed by atoms with Crippen molar-refractivity contribution >= 4 is 16.8 Å². The molecule has 1 fully saturated rings. The van der Waals surface area contributed by atoms with E-state index in [2.05, 4.69) is 31.9 Å². The summed E-state index contributed by atoms with van der Waals surface area (Å²) in [6, 6.07) is 9.83. The van der Waals surface area contributed by atoms with Gasteiger partial charge in [-0.25, -0.2) is 4.68 Å². The van der Waals surface area contributed by atoms with Gasteiger partial charge in [0.05, 0.1) is 24.2 Å². The zero-order valence-corrected chi connectivity index (χ0v) is 15.1. The molecule has 140 valence electrons. The maximum absolute atomic E-state index is 12.5.